The van der Waals surface area contributed by atoms with E-state index in [0.29, 0.717) is 12.5 Å². The number of aliphatic carboxylic acids is 1. The lowest BCUT2D eigenvalue weighted by Crippen LogP contribution is -2.36. The molecule has 2 atom stereocenters. The summed E-state index contributed by atoms with van der Waals surface area (Å²) in [5.41, 5.74) is 5.52. The number of fused-ring (bicyclic) bond motifs is 3. The third-order valence-corrected chi connectivity index (χ3v) is 7.49. The van der Waals surface area contributed by atoms with Gasteiger partial charge in [-0.05, 0) is 88.2 Å². The van der Waals surface area contributed by atoms with Gasteiger partial charge < -0.3 is 10.0 Å². The van der Waals surface area contributed by atoms with Gasteiger partial charge in [0.15, 0.2) is 0 Å². The first-order valence-electron chi connectivity index (χ1n) is 10.9. The molecule has 0 heterocycles. The zero-order chi connectivity index (χ0) is 20.6. The second-order valence-corrected chi connectivity index (χ2v) is 9.88. The lowest BCUT2D eigenvalue weighted by molar-refractivity contribution is -0.147. The maximum Gasteiger partial charge on any atom is 0.309 e. The fourth-order valence-corrected chi connectivity index (χ4v) is 5.38. The Morgan fingerprint density at radius 2 is 1.76 bits per heavy atom. The monoisotopic (exact) mass is 391 g/mol. The predicted molar refractivity (Wildman–Crippen MR) is 117 cm³/mol. The molecule has 4 rings (SSSR count). The average Bonchev–Trinajstić information content (AvgIpc) is 3.07. The van der Waals surface area contributed by atoms with Gasteiger partial charge in [0.25, 0.3) is 0 Å². The van der Waals surface area contributed by atoms with E-state index < -0.39 is 11.4 Å². The van der Waals surface area contributed by atoms with Gasteiger partial charge in [-0.1, -0.05) is 48.5 Å². The Hall–Kier alpha value is -2.13. The minimum Gasteiger partial charge on any atom is -0.481 e. The average molecular weight is 392 g/mol. The van der Waals surface area contributed by atoms with E-state index in [4.69, 9.17) is 0 Å². The van der Waals surface area contributed by atoms with Gasteiger partial charge in [-0.25, -0.2) is 0 Å². The third kappa shape index (κ3) is 3.85. The predicted octanol–water partition coefficient (Wildman–Crippen LogP) is 5.06. The van der Waals surface area contributed by atoms with E-state index in [1.807, 2.05) is 13.8 Å². The van der Waals surface area contributed by atoms with Crippen LogP contribution in [0.5, 0.6) is 0 Å². The van der Waals surface area contributed by atoms with Crippen molar-refractivity contribution in [2.75, 3.05) is 13.6 Å². The molecule has 1 saturated carbocycles. The van der Waals surface area contributed by atoms with Gasteiger partial charge in [0.05, 0.1) is 5.41 Å². The van der Waals surface area contributed by atoms with Crippen LogP contribution < -0.4 is 0 Å². The Morgan fingerprint density at radius 1 is 1.10 bits per heavy atom. The molecule has 0 radical (unpaired) electrons. The molecule has 1 spiro atoms. The maximum absolute atomic E-state index is 11.5. The highest BCUT2D eigenvalue weighted by molar-refractivity contribution is 5.73. The molecule has 0 bridgehead atoms. The molecule has 2 unspecified atom stereocenters. The normalized spacial score (nSPS) is 23.7. The first kappa shape index (κ1) is 20.2. The third-order valence-electron chi connectivity index (χ3n) is 7.49. The van der Waals surface area contributed by atoms with Gasteiger partial charge in [0.1, 0.15) is 0 Å². The van der Waals surface area contributed by atoms with Crippen LogP contribution in [0.3, 0.4) is 0 Å². The molecular formula is C26H33NO2. The Labute approximate surface area is 174 Å². The Balaban J connectivity index is 1.58. The molecule has 29 heavy (non-hydrogen) atoms. The van der Waals surface area contributed by atoms with Crippen molar-refractivity contribution in [1.82, 2.24) is 4.90 Å². The van der Waals surface area contributed by atoms with E-state index in [9.17, 15) is 9.90 Å². The largest absolute Gasteiger partial charge is 0.481 e. The molecule has 154 valence electrons. The van der Waals surface area contributed by atoms with Crippen molar-refractivity contribution in [2.24, 2.45) is 5.41 Å². The number of carboxylic acid groups (broad SMARTS) is 1. The van der Waals surface area contributed by atoms with Crippen LogP contribution in [0.15, 0.2) is 48.5 Å². The topological polar surface area (TPSA) is 40.5 Å². The molecule has 0 saturated heterocycles. The zero-order valence-corrected chi connectivity index (χ0v) is 17.9. The molecule has 2 aromatic carbocycles. The van der Waals surface area contributed by atoms with E-state index in [-0.39, 0.29) is 5.41 Å². The lowest BCUT2D eigenvalue weighted by Gasteiger charge is -2.33. The van der Waals surface area contributed by atoms with E-state index in [1.165, 1.54) is 35.1 Å². The molecule has 0 amide bonds. The number of nitrogens with zero attached hydrogens (tertiary/aromatic N) is 1. The van der Waals surface area contributed by atoms with E-state index in [2.05, 4.69) is 60.5 Å². The highest BCUT2D eigenvalue weighted by Crippen LogP contribution is 2.48. The highest BCUT2D eigenvalue weighted by atomic mass is 16.4. The van der Waals surface area contributed by atoms with Crippen LogP contribution in [0.1, 0.15) is 61.8 Å². The molecule has 1 fully saturated rings. The Morgan fingerprint density at radius 3 is 2.48 bits per heavy atom. The standard InChI is InChI=1S/C26H33NO2/c1-25(2,24(28)29)14-15-27(3)22-12-13-26(18-22)17-21-10-5-4-8-19(21)16-20-9-6-7-11-23(20)26/h4-11,22H,12-18H2,1-3H3,(H,28,29). The van der Waals surface area contributed by atoms with Gasteiger partial charge in [0, 0.05) is 11.5 Å². The van der Waals surface area contributed by atoms with Crippen LogP contribution in [0, 0.1) is 5.41 Å². The number of hydrogen-bond acceptors (Lipinski definition) is 2. The zero-order valence-electron chi connectivity index (χ0n) is 17.9. The molecule has 1 N–H and O–H groups in total. The van der Waals surface area contributed by atoms with Gasteiger partial charge in [0.2, 0.25) is 0 Å². The number of carboxylic acids is 1. The van der Waals surface area contributed by atoms with E-state index in [1.54, 1.807) is 0 Å². The van der Waals surface area contributed by atoms with Gasteiger partial charge >= 0.3 is 5.97 Å². The van der Waals surface area contributed by atoms with Crippen LogP contribution in [0.2, 0.25) is 0 Å². The molecule has 2 aromatic rings. The van der Waals surface area contributed by atoms with Gasteiger partial charge in [-0.3, -0.25) is 4.79 Å². The van der Waals surface area contributed by atoms with Gasteiger partial charge in [-0.15, -0.1) is 0 Å². The molecule has 3 heteroatoms. The fourth-order valence-electron chi connectivity index (χ4n) is 5.38. The molecule has 0 aliphatic heterocycles. The van der Waals surface area contributed by atoms with E-state index >= 15 is 0 Å². The van der Waals surface area contributed by atoms with Crippen molar-refractivity contribution in [3.05, 3.63) is 70.8 Å². The summed E-state index contributed by atoms with van der Waals surface area (Å²) >= 11 is 0. The minimum atomic E-state index is -0.705. The summed E-state index contributed by atoms with van der Waals surface area (Å²) < 4.78 is 0. The molecule has 3 nitrogen and oxygen atoms in total. The lowest BCUT2D eigenvalue weighted by atomic mass is 9.73. The van der Waals surface area contributed by atoms with E-state index in [0.717, 1.165) is 25.8 Å². The van der Waals surface area contributed by atoms with Crippen molar-refractivity contribution < 1.29 is 9.90 Å². The summed E-state index contributed by atoms with van der Waals surface area (Å²) in [6.07, 6.45) is 6.37. The van der Waals surface area contributed by atoms with Crippen molar-refractivity contribution in [3.8, 4) is 0 Å². The van der Waals surface area contributed by atoms with Crippen molar-refractivity contribution in [3.63, 3.8) is 0 Å². The second-order valence-electron chi connectivity index (χ2n) is 9.88. The van der Waals surface area contributed by atoms with Gasteiger partial charge in [-0.2, -0.15) is 0 Å². The minimum absolute atomic E-state index is 0.199. The van der Waals surface area contributed by atoms with Crippen LogP contribution in [-0.2, 0) is 23.1 Å². The van der Waals surface area contributed by atoms with Crippen molar-refractivity contribution in [1.29, 1.82) is 0 Å². The first-order valence-corrected chi connectivity index (χ1v) is 10.9. The summed E-state index contributed by atoms with van der Waals surface area (Å²) in [7, 11) is 2.18. The highest BCUT2D eigenvalue weighted by Gasteiger charge is 2.44. The quantitative estimate of drug-likeness (QED) is 0.775. The summed E-state index contributed by atoms with van der Waals surface area (Å²) in [5.74, 6) is -0.705. The molecular weight excluding hydrogens is 358 g/mol. The second kappa shape index (κ2) is 7.60. The first-order chi connectivity index (χ1) is 13.8. The van der Waals surface area contributed by atoms with Crippen LogP contribution in [0.4, 0.5) is 0 Å². The van der Waals surface area contributed by atoms with Crippen LogP contribution >= 0.6 is 0 Å². The SMILES string of the molecule is CN(CCC(C)(C)C(=O)O)C1CCC2(Cc3ccccc3Cc3ccccc32)C1. The Kier molecular flexibility index (Phi) is 5.29. The number of hydrogen-bond donors (Lipinski definition) is 1. The maximum atomic E-state index is 11.5. The summed E-state index contributed by atoms with van der Waals surface area (Å²) in [6.45, 7) is 4.49. The smallest absolute Gasteiger partial charge is 0.309 e. The number of benzene rings is 2. The molecule has 2 aliphatic rings. The molecule has 0 aromatic heterocycles. The van der Waals surface area contributed by atoms with Crippen molar-refractivity contribution >= 4 is 5.97 Å². The van der Waals surface area contributed by atoms with Crippen molar-refractivity contribution in [2.45, 2.75) is 63.8 Å². The number of rotatable bonds is 5. The number of carbonyl (C=O) groups is 1. The summed E-state index contributed by atoms with van der Waals surface area (Å²) in [5, 5.41) is 9.43. The summed E-state index contributed by atoms with van der Waals surface area (Å²) in [4.78, 5) is 13.9. The Bertz CT molecular complexity index is 903. The molecule has 2 aliphatic carbocycles. The van der Waals surface area contributed by atoms with Crippen LogP contribution in [0.25, 0.3) is 0 Å². The summed E-state index contributed by atoms with van der Waals surface area (Å²) in [6, 6.07) is 18.5. The fraction of sp³-hybridized carbons (Fsp3) is 0.500. The van der Waals surface area contributed by atoms with Crippen LogP contribution in [-0.4, -0.2) is 35.6 Å².